The quantitative estimate of drug-likeness (QED) is 0.568. The van der Waals surface area contributed by atoms with Gasteiger partial charge in [0.25, 0.3) is 0 Å². The Morgan fingerprint density at radius 1 is 1.17 bits per heavy atom. The molecule has 0 saturated heterocycles. The van der Waals surface area contributed by atoms with Crippen LogP contribution in [0.2, 0.25) is 5.02 Å². The molecule has 1 fully saturated rings. The van der Waals surface area contributed by atoms with Crippen molar-refractivity contribution in [3.05, 3.63) is 58.6 Å². The van der Waals surface area contributed by atoms with Crippen LogP contribution in [0.3, 0.4) is 0 Å². The first-order valence-electron chi connectivity index (χ1n) is 10.4. The maximum absolute atomic E-state index is 13.4. The Balaban J connectivity index is 1.92. The van der Waals surface area contributed by atoms with Gasteiger partial charge < -0.3 is 14.8 Å². The van der Waals surface area contributed by atoms with Crippen molar-refractivity contribution in [2.75, 3.05) is 12.4 Å². The number of carbonyl (C=O) groups is 2. The standard InChI is InChI=1S/C24H28ClNO4/c1-4-16(2)30-21-12-11-17(15-18(21)22(27)29-3)26-23(28)24(13-7-8-14-24)19-9-5-6-10-20(19)25/h5-6,9-12,15-16H,4,7-8,13-14H2,1-3H3,(H,26,28)/t16-/m1/s1. The maximum atomic E-state index is 13.4. The SMILES string of the molecule is CC[C@@H](C)Oc1ccc(NC(=O)C2(c3ccccc3Cl)CCCC2)cc1C(=O)OC. The third-order valence-electron chi connectivity index (χ3n) is 5.83. The van der Waals surface area contributed by atoms with Gasteiger partial charge in [-0.25, -0.2) is 4.79 Å². The van der Waals surface area contributed by atoms with Crippen molar-refractivity contribution in [1.82, 2.24) is 0 Å². The number of hydrogen-bond acceptors (Lipinski definition) is 4. The van der Waals surface area contributed by atoms with Crippen molar-refractivity contribution < 1.29 is 19.1 Å². The van der Waals surface area contributed by atoms with Crippen LogP contribution in [-0.4, -0.2) is 25.1 Å². The van der Waals surface area contributed by atoms with Gasteiger partial charge in [0.05, 0.1) is 18.6 Å². The van der Waals surface area contributed by atoms with Crippen molar-refractivity contribution in [3.63, 3.8) is 0 Å². The monoisotopic (exact) mass is 429 g/mol. The highest BCUT2D eigenvalue weighted by Crippen LogP contribution is 2.44. The van der Waals surface area contributed by atoms with Gasteiger partial charge in [-0.1, -0.05) is 49.6 Å². The summed E-state index contributed by atoms with van der Waals surface area (Å²) in [7, 11) is 1.32. The molecule has 160 valence electrons. The summed E-state index contributed by atoms with van der Waals surface area (Å²) in [5.74, 6) is -0.179. The Kier molecular flexibility index (Phi) is 7.03. The second-order valence-electron chi connectivity index (χ2n) is 7.76. The number of benzene rings is 2. The highest BCUT2D eigenvalue weighted by Gasteiger charge is 2.44. The summed E-state index contributed by atoms with van der Waals surface area (Å²) in [4.78, 5) is 25.7. The van der Waals surface area contributed by atoms with Gasteiger partial charge in [-0.3, -0.25) is 4.79 Å². The zero-order valence-corrected chi connectivity index (χ0v) is 18.4. The number of methoxy groups -OCH3 is 1. The van der Waals surface area contributed by atoms with Crippen molar-refractivity contribution in [2.24, 2.45) is 0 Å². The van der Waals surface area contributed by atoms with Crippen LogP contribution in [-0.2, 0) is 14.9 Å². The molecular weight excluding hydrogens is 402 g/mol. The number of ether oxygens (including phenoxy) is 2. The molecule has 0 heterocycles. The van der Waals surface area contributed by atoms with Gasteiger partial charge in [0.15, 0.2) is 0 Å². The molecule has 1 atom stereocenters. The Bertz CT molecular complexity index is 921. The first-order valence-corrected chi connectivity index (χ1v) is 10.7. The molecule has 5 nitrogen and oxygen atoms in total. The lowest BCUT2D eigenvalue weighted by Crippen LogP contribution is -2.38. The average Bonchev–Trinajstić information content (AvgIpc) is 3.25. The summed E-state index contributed by atoms with van der Waals surface area (Å²) in [6.45, 7) is 3.94. The molecule has 0 aromatic heterocycles. The first kappa shape index (κ1) is 22.2. The molecule has 2 aromatic carbocycles. The van der Waals surface area contributed by atoms with Gasteiger partial charge >= 0.3 is 5.97 Å². The number of anilines is 1. The summed E-state index contributed by atoms with van der Waals surface area (Å²) >= 11 is 6.45. The van der Waals surface area contributed by atoms with Crippen LogP contribution in [0.1, 0.15) is 61.9 Å². The number of rotatable bonds is 7. The molecule has 1 saturated carbocycles. The minimum absolute atomic E-state index is 0.0455. The second-order valence-corrected chi connectivity index (χ2v) is 8.17. The normalized spacial score (nSPS) is 16.0. The number of esters is 1. The second kappa shape index (κ2) is 9.52. The molecule has 1 amide bonds. The summed E-state index contributed by atoms with van der Waals surface area (Å²) < 4.78 is 10.8. The number of halogens is 1. The van der Waals surface area contributed by atoms with Crippen LogP contribution in [0.15, 0.2) is 42.5 Å². The molecular formula is C24H28ClNO4. The lowest BCUT2D eigenvalue weighted by atomic mass is 9.78. The molecule has 1 N–H and O–H groups in total. The fraction of sp³-hybridized carbons (Fsp3) is 0.417. The third kappa shape index (κ3) is 4.46. The van der Waals surface area contributed by atoms with Gasteiger partial charge in [0, 0.05) is 10.7 Å². The minimum atomic E-state index is -0.671. The van der Waals surface area contributed by atoms with Gasteiger partial charge in [0.2, 0.25) is 5.91 Å². The molecule has 2 aromatic rings. The van der Waals surface area contributed by atoms with Crippen LogP contribution < -0.4 is 10.1 Å². The van der Waals surface area contributed by atoms with E-state index in [9.17, 15) is 9.59 Å². The Hall–Kier alpha value is -2.53. The average molecular weight is 430 g/mol. The van der Waals surface area contributed by atoms with Crippen LogP contribution >= 0.6 is 11.6 Å². The van der Waals surface area contributed by atoms with Crippen LogP contribution in [0.4, 0.5) is 5.69 Å². The van der Waals surface area contributed by atoms with Crippen molar-refractivity contribution in [3.8, 4) is 5.75 Å². The highest BCUT2D eigenvalue weighted by molar-refractivity contribution is 6.32. The Morgan fingerprint density at radius 2 is 1.87 bits per heavy atom. The van der Waals surface area contributed by atoms with Gasteiger partial charge in [-0.05, 0) is 56.0 Å². The van der Waals surface area contributed by atoms with Crippen LogP contribution in [0.25, 0.3) is 0 Å². The van der Waals surface area contributed by atoms with Gasteiger partial charge in [-0.2, -0.15) is 0 Å². The Labute approximate surface area is 182 Å². The first-order chi connectivity index (χ1) is 14.4. The smallest absolute Gasteiger partial charge is 0.341 e. The van der Waals surface area contributed by atoms with E-state index in [-0.39, 0.29) is 17.6 Å². The fourth-order valence-electron chi connectivity index (χ4n) is 3.98. The summed E-state index contributed by atoms with van der Waals surface area (Å²) in [6.07, 6.45) is 4.17. The van der Waals surface area contributed by atoms with E-state index in [4.69, 9.17) is 21.1 Å². The van der Waals surface area contributed by atoms with E-state index >= 15 is 0 Å². The molecule has 1 aliphatic carbocycles. The predicted molar refractivity (Wildman–Crippen MR) is 118 cm³/mol. The van der Waals surface area contributed by atoms with Crippen molar-refractivity contribution in [2.45, 2.75) is 57.5 Å². The van der Waals surface area contributed by atoms with E-state index in [2.05, 4.69) is 5.32 Å². The van der Waals surface area contributed by atoms with Gasteiger partial charge in [-0.15, -0.1) is 0 Å². The van der Waals surface area contributed by atoms with E-state index in [0.717, 1.165) is 37.7 Å². The molecule has 0 unspecified atom stereocenters. The molecule has 0 spiro atoms. The minimum Gasteiger partial charge on any atom is -0.490 e. The van der Waals surface area contributed by atoms with E-state index in [0.29, 0.717) is 16.5 Å². The van der Waals surface area contributed by atoms with E-state index in [1.807, 2.05) is 38.1 Å². The number of hydrogen-bond donors (Lipinski definition) is 1. The maximum Gasteiger partial charge on any atom is 0.341 e. The largest absolute Gasteiger partial charge is 0.490 e. The lowest BCUT2D eigenvalue weighted by molar-refractivity contribution is -0.121. The zero-order chi connectivity index (χ0) is 21.7. The van der Waals surface area contributed by atoms with E-state index in [1.165, 1.54) is 7.11 Å². The van der Waals surface area contributed by atoms with Crippen LogP contribution in [0.5, 0.6) is 5.75 Å². The number of amides is 1. The molecule has 1 aliphatic rings. The zero-order valence-electron chi connectivity index (χ0n) is 17.7. The molecule has 6 heteroatoms. The highest BCUT2D eigenvalue weighted by atomic mass is 35.5. The predicted octanol–water partition coefficient (Wildman–Crippen LogP) is 5.75. The third-order valence-corrected chi connectivity index (χ3v) is 6.16. The summed E-state index contributed by atoms with van der Waals surface area (Å²) in [6, 6.07) is 12.6. The molecule has 3 rings (SSSR count). The van der Waals surface area contributed by atoms with Crippen molar-refractivity contribution in [1.29, 1.82) is 0 Å². The number of nitrogens with one attached hydrogen (secondary N) is 1. The van der Waals surface area contributed by atoms with Crippen LogP contribution in [0, 0.1) is 0 Å². The molecule has 0 radical (unpaired) electrons. The van der Waals surface area contributed by atoms with E-state index < -0.39 is 11.4 Å². The van der Waals surface area contributed by atoms with Crippen molar-refractivity contribution >= 4 is 29.2 Å². The van der Waals surface area contributed by atoms with Gasteiger partial charge in [0.1, 0.15) is 11.3 Å². The summed E-state index contributed by atoms with van der Waals surface area (Å²) in [5.41, 5.74) is 0.992. The number of carbonyl (C=O) groups excluding carboxylic acids is 2. The Morgan fingerprint density at radius 3 is 2.50 bits per heavy atom. The topological polar surface area (TPSA) is 64.6 Å². The molecule has 0 bridgehead atoms. The fourth-order valence-corrected chi connectivity index (χ4v) is 4.29. The summed E-state index contributed by atoms with van der Waals surface area (Å²) in [5, 5.41) is 3.60. The van der Waals surface area contributed by atoms with E-state index in [1.54, 1.807) is 18.2 Å². The molecule has 0 aliphatic heterocycles. The molecule has 30 heavy (non-hydrogen) atoms. The lowest BCUT2D eigenvalue weighted by Gasteiger charge is -2.29.